The Morgan fingerprint density at radius 3 is 2.91 bits per heavy atom. The molecule has 4 aromatic rings. The Labute approximate surface area is 194 Å². The van der Waals surface area contributed by atoms with Crippen molar-refractivity contribution < 1.29 is 9.53 Å². The number of hydrogen-bond acceptors (Lipinski definition) is 6. The molecule has 0 spiro atoms. The van der Waals surface area contributed by atoms with Gasteiger partial charge in [0.1, 0.15) is 12.4 Å². The monoisotopic (exact) mass is 464 g/mol. The molecule has 1 amide bonds. The van der Waals surface area contributed by atoms with Crippen molar-refractivity contribution in [3.63, 3.8) is 0 Å². The lowest BCUT2D eigenvalue weighted by atomic mass is 10.1. The van der Waals surface area contributed by atoms with Crippen LogP contribution in [0.2, 0.25) is 0 Å². The van der Waals surface area contributed by atoms with E-state index in [0.717, 1.165) is 41.2 Å². The van der Waals surface area contributed by atoms with Gasteiger partial charge in [-0.15, -0.1) is 22.7 Å². The Kier molecular flexibility index (Phi) is 5.80. The number of fused-ring (bicyclic) bond motifs is 1. The number of nitrogens with zero attached hydrogens (tertiary/aromatic N) is 3. The summed E-state index contributed by atoms with van der Waals surface area (Å²) in [5.41, 5.74) is 6.72. The second-order valence-corrected chi connectivity index (χ2v) is 9.61. The van der Waals surface area contributed by atoms with Crippen molar-refractivity contribution in [3.8, 4) is 17.0 Å². The molecule has 1 N–H and O–H groups in total. The van der Waals surface area contributed by atoms with Crippen LogP contribution in [-0.2, 0) is 26.0 Å². The zero-order chi connectivity index (χ0) is 22.1. The molecule has 164 valence electrons. The molecular formula is C24H24N4O2S2. The SMILES string of the molecule is CCn1ncc(-c2csc(NC(=O)c3cc(COc4ccc5c(c4)CCC5)cs3)n2)c1C. The van der Waals surface area contributed by atoms with Crippen LogP contribution in [0.5, 0.6) is 5.75 Å². The highest BCUT2D eigenvalue weighted by molar-refractivity contribution is 7.14. The van der Waals surface area contributed by atoms with Gasteiger partial charge in [-0.1, -0.05) is 6.07 Å². The van der Waals surface area contributed by atoms with Gasteiger partial charge in [0.25, 0.3) is 5.91 Å². The third kappa shape index (κ3) is 4.20. The third-order valence-corrected chi connectivity index (χ3v) is 7.49. The molecule has 3 aromatic heterocycles. The Hall–Kier alpha value is -2.97. The highest BCUT2D eigenvalue weighted by Gasteiger charge is 2.15. The molecule has 1 aromatic carbocycles. The van der Waals surface area contributed by atoms with E-state index in [4.69, 9.17) is 4.74 Å². The first-order valence-electron chi connectivity index (χ1n) is 10.7. The van der Waals surface area contributed by atoms with E-state index in [1.54, 1.807) is 0 Å². The topological polar surface area (TPSA) is 69.0 Å². The summed E-state index contributed by atoms with van der Waals surface area (Å²) in [5.74, 6) is 0.737. The van der Waals surface area contributed by atoms with Gasteiger partial charge >= 0.3 is 0 Å². The maximum Gasteiger partial charge on any atom is 0.267 e. The van der Waals surface area contributed by atoms with Crippen molar-refractivity contribution >= 4 is 33.7 Å². The summed E-state index contributed by atoms with van der Waals surface area (Å²) in [6.07, 6.45) is 5.35. The molecule has 32 heavy (non-hydrogen) atoms. The van der Waals surface area contributed by atoms with Gasteiger partial charge in [-0.25, -0.2) is 4.98 Å². The standard InChI is InChI=1S/C24H24N4O2S2/c1-3-28-15(2)20(11-25-28)21-14-32-24(26-21)27-23(29)22-9-16(13-31-22)12-30-19-8-7-17-5-4-6-18(17)10-19/h7-11,13-14H,3-6,12H2,1-2H3,(H,26,27,29). The number of anilines is 1. The zero-order valence-electron chi connectivity index (χ0n) is 18.1. The van der Waals surface area contributed by atoms with Gasteiger partial charge in [-0.3, -0.25) is 14.8 Å². The van der Waals surface area contributed by atoms with E-state index in [9.17, 15) is 4.79 Å². The Bertz CT molecular complexity index is 1270. The minimum Gasteiger partial charge on any atom is -0.489 e. The molecule has 0 radical (unpaired) electrons. The first-order valence-corrected chi connectivity index (χ1v) is 12.5. The average molecular weight is 465 g/mol. The van der Waals surface area contributed by atoms with Crippen LogP contribution in [-0.4, -0.2) is 20.7 Å². The molecule has 6 nitrogen and oxygen atoms in total. The van der Waals surface area contributed by atoms with Crippen molar-refractivity contribution in [1.29, 1.82) is 0 Å². The van der Waals surface area contributed by atoms with Crippen molar-refractivity contribution in [2.75, 3.05) is 5.32 Å². The normalized spacial score (nSPS) is 12.7. The smallest absolute Gasteiger partial charge is 0.267 e. The summed E-state index contributed by atoms with van der Waals surface area (Å²) < 4.78 is 7.90. The number of ether oxygens (including phenoxy) is 1. The molecule has 0 saturated heterocycles. The number of amides is 1. The van der Waals surface area contributed by atoms with Crippen LogP contribution >= 0.6 is 22.7 Å². The summed E-state index contributed by atoms with van der Waals surface area (Å²) >= 11 is 2.83. The molecule has 0 atom stereocenters. The molecule has 0 bridgehead atoms. The number of carbonyl (C=O) groups is 1. The van der Waals surface area contributed by atoms with Gasteiger partial charge in [0, 0.05) is 28.7 Å². The van der Waals surface area contributed by atoms with Gasteiger partial charge in [-0.2, -0.15) is 5.10 Å². The Morgan fingerprint density at radius 2 is 2.06 bits per heavy atom. The summed E-state index contributed by atoms with van der Waals surface area (Å²) in [6, 6.07) is 8.24. The van der Waals surface area contributed by atoms with Crippen LogP contribution in [0.4, 0.5) is 5.13 Å². The van der Waals surface area contributed by atoms with Crippen LogP contribution in [0.15, 0.2) is 41.2 Å². The van der Waals surface area contributed by atoms with Crippen molar-refractivity contribution in [2.45, 2.75) is 46.3 Å². The lowest BCUT2D eigenvalue weighted by Crippen LogP contribution is -2.09. The van der Waals surface area contributed by atoms with Gasteiger partial charge in [0.2, 0.25) is 0 Å². The van der Waals surface area contributed by atoms with E-state index in [1.165, 1.54) is 46.6 Å². The highest BCUT2D eigenvalue weighted by atomic mass is 32.1. The van der Waals surface area contributed by atoms with Crippen LogP contribution in [0.3, 0.4) is 0 Å². The number of hydrogen-bond donors (Lipinski definition) is 1. The third-order valence-electron chi connectivity index (χ3n) is 5.76. The minimum absolute atomic E-state index is 0.152. The molecule has 8 heteroatoms. The van der Waals surface area contributed by atoms with E-state index in [-0.39, 0.29) is 5.91 Å². The Morgan fingerprint density at radius 1 is 1.19 bits per heavy atom. The number of thiazole rings is 1. The Balaban J connectivity index is 1.20. The number of nitrogens with one attached hydrogen (secondary N) is 1. The summed E-state index contributed by atoms with van der Waals surface area (Å²) in [7, 11) is 0. The molecule has 3 heterocycles. The van der Waals surface area contributed by atoms with Crippen LogP contribution in [0.25, 0.3) is 11.3 Å². The average Bonchev–Trinajstić information content (AvgIpc) is 3.58. The first-order chi connectivity index (χ1) is 15.6. The van der Waals surface area contributed by atoms with E-state index in [0.29, 0.717) is 16.6 Å². The summed E-state index contributed by atoms with van der Waals surface area (Å²) in [5, 5.41) is 11.8. The van der Waals surface area contributed by atoms with E-state index in [2.05, 4.69) is 34.5 Å². The molecular weight excluding hydrogens is 440 g/mol. The number of thiophene rings is 1. The maximum atomic E-state index is 12.7. The van der Waals surface area contributed by atoms with Gasteiger partial charge < -0.3 is 4.74 Å². The van der Waals surface area contributed by atoms with Crippen LogP contribution < -0.4 is 10.1 Å². The number of aromatic nitrogens is 3. The van der Waals surface area contributed by atoms with Crippen molar-refractivity contribution in [1.82, 2.24) is 14.8 Å². The predicted molar refractivity (Wildman–Crippen MR) is 129 cm³/mol. The van der Waals surface area contributed by atoms with Gasteiger partial charge in [-0.05, 0) is 67.8 Å². The lowest BCUT2D eigenvalue weighted by Gasteiger charge is -2.07. The summed E-state index contributed by atoms with van der Waals surface area (Å²) in [6.45, 7) is 5.35. The number of carbonyl (C=O) groups excluding carboxylic acids is 1. The van der Waals surface area contributed by atoms with Gasteiger partial charge in [0.15, 0.2) is 5.13 Å². The zero-order valence-corrected chi connectivity index (χ0v) is 19.7. The first kappa shape index (κ1) is 20.9. The number of rotatable bonds is 7. The van der Waals surface area contributed by atoms with Gasteiger partial charge in [0.05, 0.1) is 16.8 Å². The fourth-order valence-corrected chi connectivity index (χ4v) is 5.50. The second kappa shape index (κ2) is 8.88. The fourth-order valence-electron chi connectivity index (χ4n) is 4.01. The molecule has 1 aliphatic rings. The molecule has 0 saturated carbocycles. The molecule has 0 unspecified atom stereocenters. The largest absolute Gasteiger partial charge is 0.489 e. The molecule has 5 rings (SSSR count). The van der Waals surface area contributed by atoms with E-state index < -0.39 is 0 Å². The van der Waals surface area contributed by atoms with Crippen LogP contribution in [0.1, 0.15) is 45.4 Å². The maximum absolute atomic E-state index is 12.7. The number of aryl methyl sites for hydroxylation is 3. The number of benzene rings is 1. The minimum atomic E-state index is -0.152. The molecule has 1 aliphatic carbocycles. The highest BCUT2D eigenvalue weighted by Crippen LogP contribution is 2.29. The van der Waals surface area contributed by atoms with E-state index in [1.807, 2.05) is 40.7 Å². The molecule has 0 aliphatic heterocycles. The fraction of sp³-hybridized carbons (Fsp3) is 0.292. The lowest BCUT2D eigenvalue weighted by molar-refractivity contribution is 0.103. The second-order valence-electron chi connectivity index (χ2n) is 7.84. The predicted octanol–water partition coefficient (Wildman–Crippen LogP) is 5.72. The van der Waals surface area contributed by atoms with Crippen LogP contribution in [0, 0.1) is 6.92 Å². The molecule has 0 fully saturated rings. The quantitative estimate of drug-likeness (QED) is 0.380. The summed E-state index contributed by atoms with van der Waals surface area (Å²) in [4.78, 5) is 17.9. The van der Waals surface area contributed by atoms with Crippen molar-refractivity contribution in [2.24, 2.45) is 0 Å². The van der Waals surface area contributed by atoms with E-state index >= 15 is 0 Å². The van der Waals surface area contributed by atoms with Crippen molar-refractivity contribution in [3.05, 3.63) is 68.5 Å².